The molecule has 172 valence electrons. The van der Waals surface area contributed by atoms with Gasteiger partial charge in [-0.15, -0.1) is 17.9 Å². The van der Waals surface area contributed by atoms with Gasteiger partial charge in [-0.1, -0.05) is 30.0 Å². The van der Waals surface area contributed by atoms with E-state index in [9.17, 15) is 9.59 Å². The molecular formula is C24H25N3O4S2. The van der Waals surface area contributed by atoms with Crippen LogP contribution in [0.5, 0.6) is 11.5 Å². The van der Waals surface area contributed by atoms with Crippen LogP contribution in [0.3, 0.4) is 0 Å². The first-order valence-electron chi connectivity index (χ1n) is 11.1. The van der Waals surface area contributed by atoms with E-state index in [4.69, 9.17) is 14.5 Å². The number of thioether (sulfide) groups is 1. The average Bonchev–Trinajstić information content (AvgIpc) is 3.22. The van der Waals surface area contributed by atoms with Gasteiger partial charge in [0.25, 0.3) is 5.56 Å². The van der Waals surface area contributed by atoms with Gasteiger partial charge >= 0.3 is 0 Å². The number of amides is 1. The third-order valence-electron chi connectivity index (χ3n) is 5.78. The molecule has 3 aromatic rings. The first kappa shape index (κ1) is 22.0. The van der Waals surface area contributed by atoms with E-state index in [1.165, 1.54) is 22.2 Å². The monoisotopic (exact) mass is 483 g/mol. The third kappa shape index (κ3) is 4.52. The van der Waals surface area contributed by atoms with Gasteiger partial charge in [-0.3, -0.25) is 14.2 Å². The second kappa shape index (κ2) is 9.61. The highest BCUT2D eigenvalue weighted by molar-refractivity contribution is 7.99. The van der Waals surface area contributed by atoms with Crippen LogP contribution in [-0.4, -0.2) is 40.5 Å². The lowest BCUT2D eigenvalue weighted by Gasteiger charge is -2.26. The van der Waals surface area contributed by atoms with Crippen molar-refractivity contribution in [1.29, 1.82) is 0 Å². The second-order valence-corrected chi connectivity index (χ2v) is 10.1. The smallest absolute Gasteiger partial charge is 0.263 e. The van der Waals surface area contributed by atoms with Gasteiger partial charge in [0.05, 0.1) is 17.7 Å². The summed E-state index contributed by atoms with van der Waals surface area (Å²) in [4.78, 5) is 32.6. The quantitative estimate of drug-likeness (QED) is 0.314. The van der Waals surface area contributed by atoms with E-state index in [1.54, 1.807) is 22.0 Å². The Kier molecular flexibility index (Phi) is 6.41. The van der Waals surface area contributed by atoms with Crippen LogP contribution in [0, 0.1) is 0 Å². The van der Waals surface area contributed by atoms with E-state index >= 15 is 0 Å². The summed E-state index contributed by atoms with van der Waals surface area (Å²) in [6.45, 7) is 4.87. The lowest BCUT2D eigenvalue weighted by molar-refractivity contribution is -0.119. The number of aryl methyl sites for hydroxylation is 2. The van der Waals surface area contributed by atoms with Gasteiger partial charge in [0.2, 0.25) is 5.91 Å². The minimum Gasteiger partial charge on any atom is -0.486 e. The standard InChI is InChI=1S/C24H25N3O4S2/c1-2-11-27-23(29)21-16-7-3-6-10-19(16)33-22(21)26-24(27)32-14-20(28)25-12-15-13-30-17-8-4-5-9-18(17)31-15/h2,4-5,8-9,15H,1,3,6-7,10-14H2,(H,25,28). The molecule has 1 atom stereocenters. The number of nitrogens with zero attached hydrogens (tertiary/aromatic N) is 2. The largest absolute Gasteiger partial charge is 0.486 e. The van der Waals surface area contributed by atoms with Gasteiger partial charge < -0.3 is 14.8 Å². The molecule has 7 nitrogen and oxygen atoms in total. The van der Waals surface area contributed by atoms with E-state index in [-0.39, 0.29) is 23.3 Å². The summed E-state index contributed by atoms with van der Waals surface area (Å²) in [5, 5.41) is 4.20. The van der Waals surface area contributed by atoms with Crippen LogP contribution in [-0.2, 0) is 24.2 Å². The van der Waals surface area contributed by atoms with Crippen LogP contribution in [0.4, 0.5) is 0 Å². The zero-order valence-electron chi connectivity index (χ0n) is 18.2. The molecule has 0 bridgehead atoms. The van der Waals surface area contributed by atoms with E-state index in [1.807, 2.05) is 24.3 Å². The Morgan fingerprint density at radius 1 is 1.30 bits per heavy atom. The van der Waals surface area contributed by atoms with Gasteiger partial charge in [0.15, 0.2) is 16.7 Å². The van der Waals surface area contributed by atoms with E-state index in [0.29, 0.717) is 36.4 Å². The van der Waals surface area contributed by atoms with Crippen molar-refractivity contribution < 1.29 is 14.3 Å². The number of nitrogens with one attached hydrogen (secondary N) is 1. The topological polar surface area (TPSA) is 82.5 Å². The van der Waals surface area contributed by atoms with Crippen molar-refractivity contribution in [3.63, 3.8) is 0 Å². The molecule has 5 rings (SSSR count). The van der Waals surface area contributed by atoms with Crippen molar-refractivity contribution in [3.8, 4) is 11.5 Å². The van der Waals surface area contributed by atoms with E-state index in [2.05, 4.69) is 11.9 Å². The highest BCUT2D eigenvalue weighted by Gasteiger charge is 2.23. The molecule has 0 radical (unpaired) electrons. The van der Waals surface area contributed by atoms with Crippen LogP contribution in [0.15, 0.2) is 46.9 Å². The summed E-state index contributed by atoms with van der Waals surface area (Å²) >= 11 is 2.89. The second-order valence-electron chi connectivity index (χ2n) is 8.08. The van der Waals surface area contributed by atoms with Crippen LogP contribution in [0.1, 0.15) is 23.3 Å². The fourth-order valence-electron chi connectivity index (χ4n) is 4.19. The Morgan fingerprint density at radius 3 is 2.97 bits per heavy atom. The number of rotatable bonds is 7. The number of aromatic nitrogens is 2. The Balaban J connectivity index is 1.26. The van der Waals surface area contributed by atoms with Crippen LogP contribution < -0.4 is 20.3 Å². The molecule has 1 aliphatic carbocycles. The van der Waals surface area contributed by atoms with Crippen molar-refractivity contribution in [1.82, 2.24) is 14.9 Å². The molecule has 0 saturated carbocycles. The number of thiophene rings is 1. The molecular weight excluding hydrogens is 458 g/mol. The molecule has 1 N–H and O–H groups in total. The zero-order valence-corrected chi connectivity index (χ0v) is 19.8. The van der Waals surface area contributed by atoms with Gasteiger partial charge in [-0.2, -0.15) is 0 Å². The maximum absolute atomic E-state index is 13.3. The Hall–Kier alpha value is -2.78. The van der Waals surface area contributed by atoms with Gasteiger partial charge in [-0.05, 0) is 43.4 Å². The Labute approximate surface area is 199 Å². The normalized spacial score (nSPS) is 16.9. The fraction of sp³-hybridized carbons (Fsp3) is 0.375. The fourth-order valence-corrected chi connectivity index (χ4v) is 6.33. The molecule has 2 aromatic heterocycles. The molecule has 1 aromatic carbocycles. The lowest BCUT2D eigenvalue weighted by Crippen LogP contribution is -2.41. The summed E-state index contributed by atoms with van der Waals surface area (Å²) in [6, 6.07) is 7.49. The molecule has 1 unspecified atom stereocenters. The number of carbonyl (C=O) groups is 1. The molecule has 0 fully saturated rings. The van der Waals surface area contributed by atoms with Gasteiger partial charge in [0.1, 0.15) is 17.5 Å². The number of para-hydroxylation sites is 2. The predicted molar refractivity (Wildman–Crippen MR) is 131 cm³/mol. The van der Waals surface area contributed by atoms with Crippen LogP contribution in [0.2, 0.25) is 0 Å². The SMILES string of the molecule is C=CCn1c(SCC(=O)NCC2COc3ccccc3O2)nc2sc3c(c2c1=O)CCCC3. The number of ether oxygens (including phenoxy) is 2. The molecule has 0 spiro atoms. The maximum atomic E-state index is 13.3. The zero-order chi connectivity index (χ0) is 22.8. The maximum Gasteiger partial charge on any atom is 0.263 e. The molecule has 1 amide bonds. The molecule has 1 aliphatic heterocycles. The number of allylic oxidation sites excluding steroid dienone is 1. The summed E-state index contributed by atoms with van der Waals surface area (Å²) in [5.74, 6) is 1.41. The first-order valence-corrected chi connectivity index (χ1v) is 12.9. The summed E-state index contributed by atoms with van der Waals surface area (Å²) in [6.07, 6.45) is 5.66. The van der Waals surface area contributed by atoms with Crippen molar-refractivity contribution >= 4 is 39.2 Å². The number of benzene rings is 1. The Morgan fingerprint density at radius 2 is 2.12 bits per heavy atom. The molecule has 2 aliphatic rings. The first-order chi connectivity index (χ1) is 16.1. The predicted octanol–water partition coefficient (Wildman–Crippen LogP) is 3.57. The van der Waals surface area contributed by atoms with Gasteiger partial charge in [-0.25, -0.2) is 4.98 Å². The highest BCUT2D eigenvalue weighted by atomic mass is 32.2. The number of hydrogen-bond donors (Lipinski definition) is 1. The molecule has 9 heteroatoms. The minimum absolute atomic E-state index is 0.0337. The highest BCUT2D eigenvalue weighted by Crippen LogP contribution is 2.35. The van der Waals surface area contributed by atoms with Crippen molar-refractivity contribution in [3.05, 3.63) is 57.7 Å². The van der Waals surface area contributed by atoms with Crippen molar-refractivity contribution in [2.75, 3.05) is 18.9 Å². The van der Waals surface area contributed by atoms with Crippen LogP contribution >= 0.6 is 23.1 Å². The summed E-state index contributed by atoms with van der Waals surface area (Å²) in [5.41, 5.74) is 1.13. The number of hydrogen-bond acceptors (Lipinski definition) is 7. The Bertz CT molecular complexity index is 1270. The number of carbonyl (C=O) groups excluding carboxylic acids is 1. The molecule has 33 heavy (non-hydrogen) atoms. The average molecular weight is 484 g/mol. The summed E-state index contributed by atoms with van der Waals surface area (Å²) < 4.78 is 13.2. The van der Waals surface area contributed by atoms with E-state index in [0.717, 1.165) is 35.9 Å². The third-order valence-corrected chi connectivity index (χ3v) is 7.94. The summed E-state index contributed by atoms with van der Waals surface area (Å²) in [7, 11) is 0. The van der Waals surface area contributed by atoms with Crippen molar-refractivity contribution in [2.24, 2.45) is 0 Å². The van der Waals surface area contributed by atoms with E-state index < -0.39 is 0 Å². The van der Waals surface area contributed by atoms with Gasteiger partial charge in [0, 0.05) is 11.4 Å². The minimum atomic E-state index is -0.250. The number of fused-ring (bicyclic) bond motifs is 4. The van der Waals surface area contributed by atoms with Crippen LogP contribution in [0.25, 0.3) is 10.2 Å². The van der Waals surface area contributed by atoms with Crippen molar-refractivity contribution in [2.45, 2.75) is 43.5 Å². The lowest BCUT2D eigenvalue weighted by atomic mass is 9.97. The molecule has 0 saturated heterocycles. The molecule has 3 heterocycles.